The van der Waals surface area contributed by atoms with E-state index in [2.05, 4.69) is 0 Å². The molecule has 1 aromatic rings. The first-order valence-corrected chi connectivity index (χ1v) is 8.21. The Hall–Kier alpha value is -2.08. The van der Waals surface area contributed by atoms with E-state index in [1.807, 2.05) is 0 Å². The van der Waals surface area contributed by atoms with Crippen molar-refractivity contribution in [3.63, 3.8) is 0 Å². The number of benzene rings is 1. The summed E-state index contributed by atoms with van der Waals surface area (Å²) in [6.45, 7) is 1.86. The van der Waals surface area contributed by atoms with Gasteiger partial charge in [-0.2, -0.15) is 0 Å². The molecule has 0 N–H and O–H groups in total. The minimum Gasteiger partial charge on any atom is -0.466 e. The topological polar surface area (TPSA) is 60.4 Å². The van der Waals surface area contributed by atoms with Crippen LogP contribution in [0.4, 0.5) is 8.78 Å². The Labute approximate surface area is 148 Å². The smallest absolute Gasteiger partial charge is 0.309 e. The van der Waals surface area contributed by atoms with Crippen LogP contribution in [0.25, 0.3) is 0 Å². The van der Waals surface area contributed by atoms with E-state index in [0.717, 1.165) is 0 Å². The first-order valence-electron chi connectivity index (χ1n) is 7.83. The molecular weight excluding hydrogens is 354 g/mol. The van der Waals surface area contributed by atoms with Gasteiger partial charge in [-0.15, -0.1) is 0 Å². The largest absolute Gasteiger partial charge is 0.466 e. The molecule has 0 amide bonds. The van der Waals surface area contributed by atoms with Crippen molar-refractivity contribution in [2.75, 3.05) is 6.61 Å². The normalized spacial score (nSPS) is 17.8. The predicted molar refractivity (Wildman–Crippen MR) is 87.7 cm³/mol. The van der Waals surface area contributed by atoms with Crippen molar-refractivity contribution in [3.8, 4) is 0 Å². The number of ether oxygens (including phenoxy) is 1. The molecule has 0 aliphatic heterocycles. The molecular formula is C18H17ClF2O4. The Morgan fingerprint density at radius 3 is 2.40 bits per heavy atom. The number of ketones is 2. The first-order chi connectivity index (χ1) is 11.8. The van der Waals surface area contributed by atoms with Crippen LogP contribution in [0, 0.1) is 5.92 Å². The maximum atomic E-state index is 12.5. The second-order valence-corrected chi connectivity index (χ2v) is 6.14. The van der Waals surface area contributed by atoms with E-state index in [1.54, 1.807) is 6.92 Å². The van der Waals surface area contributed by atoms with Crippen molar-refractivity contribution in [2.45, 2.75) is 32.6 Å². The highest BCUT2D eigenvalue weighted by Crippen LogP contribution is 2.32. The zero-order valence-corrected chi connectivity index (χ0v) is 14.3. The molecule has 134 valence electrons. The van der Waals surface area contributed by atoms with Gasteiger partial charge in [0.25, 0.3) is 0 Å². The lowest BCUT2D eigenvalue weighted by molar-refractivity contribution is -0.149. The SMILES string of the molecule is CCOC(=O)C1CC(=O)C(C(=O)c2ccc(CC(F)F)cc2)=C(Cl)C1. The Bertz CT molecular complexity index is 710. The molecule has 0 aromatic heterocycles. The van der Waals surface area contributed by atoms with Crippen molar-refractivity contribution in [2.24, 2.45) is 5.92 Å². The summed E-state index contributed by atoms with van der Waals surface area (Å²) in [4.78, 5) is 36.6. The van der Waals surface area contributed by atoms with Gasteiger partial charge in [-0.25, -0.2) is 8.78 Å². The summed E-state index contributed by atoms with van der Waals surface area (Å²) >= 11 is 6.09. The molecule has 0 fully saturated rings. The summed E-state index contributed by atoms with van der Waals surface area (Å²) in [5.41, 5.74) is 0.432. The molecule has 0 radical (unpaired) electrons. The second kappa shape index (κ2) is 8.34. The van der Waals surface area contributed by atoms with Gasteiger partial charge in [0.15, 0.2) is 11.6 Å². The molecule has 1 atom stereocenters. The minimum atomic E-state index is -2.47. The van der Waals surface area contributed by atoms with Crippen molar-refractivity contribution < 1.29 is 27.9 Å². The summed E-state index contributed by atoms with van der Waals surface area (Å²) in [5, 5.41) is 0.0240. The number of carbonyl (C=O) groups excluding carboxylic acids is 3. The number of alkyl halides is 2. The van der Waals surface area contributed by atoms with Crippen molar-refractivity contribution >= 4 is 29.1 Å². The third-order valence-electron chi connectivity index (χ3n) is 3.86. The quantitative estimate of drug-likeness (QED) is 0.435. The fourth-order valence-corrected chi connectivity index (χ4v) is 3.04. The van der Waals surface area contributed by atoms with Gasteiger partial charge in [-0.3, -0.25) is 14.4 Å². The maximum absolute atomic E-state index is 12.5. The Kier molecular flexibility index (Phi) is 6.42. The second-order valence-electron chi connectivity index (χ2n) is 5.68. The lowest BCUT2D eigenvalue weighted by Crippen LogP contribution is -2.28. The maximum Gasteiger partial charge on any atom is 0.309 e. The number of carbonyl (C=O) groups is 3. The van der Waals surface area contributed by atoms with E-state index in [4.69, 9.17) is 16.3 Å². The third kappa shape index (κ3) is 4.72. The molecule has 0 spiro atoms. The van der Waals surface area contributed by atoms with Gasteiger partial charge in [0.1, 0.15) is 0 Å². The van der Waals surface area contributed by atoms with Gasteiger partial charge in [0.2, 0.25) is 6.43 Å². The monoisotopic (exact) mass is 370 g/mol. The molecule has 2 rings (SSSR count). The van der Waals surface area contributed by atoms with Gasteiger partial charge in [0.05, 0.1) is 18.1 Å². The molecule has 1 unspecified atom stereocenters. The Morgan fingerprint density at radius 2 is 1.88 bits per heavy atom. The molecule has 1 aromatic carbocycles. The van der Waals surface area contributed by atoms with Crippen LogP contribution in [0.2, 0.25) is 0 Å². The lowest BCUT2D eigenvalue weighted by atomic mass is 9.85. The fourth-order valence-electron chi connectivity index (χ4n) is 2.66. The summed E-state index contributed by atoms with van der Waals surface area (Å²) in [5.74, 6) is -2.29. The summed E-state index contributed by atoms with van der Waals surface area (Å²) in [7, 11) is 0. The number of Topliss-reactive ketones (excluding diaryl/α,β-unsaturated/α-hetero) is 2. The molecule has 0 bridgehead atoms. The fraction of sp³-hybridized carbons (Fsp3) is 0.389. The standard InChI is InChI=1S/C18H17ClF2O4/c1-2-25-18(24)12-8-13(19)16(14(22)9-12)17(23)11-5-3-10(4-6-11)7-15(20)21/h3-6,12,15H,2,7-9H2,1H3. The average Bonchev–Trinajstić information content (AvgIpc) is 2.54. The molecule has 7 heteroatoms. The van der Waals surface area contributed by atoms with Gasteiger partial charge in [-0.1, -0.05) is 35.9 Å². The minimum absolute atomic E-state index is 0.0240. The van der Waals surface area contributed by atoms with Crippen LogP contribution in [0.1, 0.15) is 35.7 Å². The van der Waals surface area contributed by atoms with E-state index in [1.165, 1.54) is 24.3 Å². The van der Waals surface area contributed by atoms with Crippen LogP contribution in [-0.4, -0.2) is 30.6 Å². The van der Waals surface area contributed by atoms with E-state index in [0.29, 0.717) is 5.56 Å². The van der Waals surface area contributed by atoms with Crippen LogP contribution in [0.15, 0.2) is 34.9 Å². The number of allylic oxidation sites excluding steroid dienone is 2. The van der Waals surface area contributed by atoms with Gasteiger partial charge >= 0.3 is 5.97 Å². The Balaban J connectivity index is 2.19. The molecule has 0 saturated heterocycles. The van der Waals surface area contributed by atoms with E-state index in [-0.39, 0.29) is 35.6 Å². The Morgan fingerprint density at radius 1 is 1.24 bits per heavy atom. The number of esters is 1. The van der Waals surface area contributed by atoms with Gasteiger partial charge in [0, 0.05) is 23.4 Å². The highest BCUT2D eigenvalue weighted by Gasteiger charge is 2.35. The third-order valence-corrected chi connectivity index (χ3v) is 4.20. The molecule has 1 aliphatic rings. The molecule has 0 heterocycles. The molecule has 25 heavy (non-hydrogen) atoms. The van der Waals surface area contributed by atoms with Crippen LogP contribution in [0.5, 0.6) is 0 Å². The van der Waals surface area contributed by atoms with Crippen molar-refractivity contribution in [1.29, 1.82) is 0 Å². The van der Waals surface area contributed by atoms with Crippen molar-refractivity contribution in [1.82, 2.24) is 0 Å². The predicted octanol–water partition coefficient (Wildman–Crippen LogP) is 3.71. The van der Waals surface area contributed by atoms with E-state index in [9.17, 15) is 23.2 Å². The van der Waals surface area contributed by atoms with Gasteiger partial charge < -0.3 is 4.74 Å². The summed E-state index contributed by atoms with van der Waals surface area (Å²) in [6, 6.07) is 5.62. The van der Waals surface area contributed by atoms with E-state index < -0.39 is 36.3 Å². The number of hydrogen-bond acceptors (Lipinski definition) is 4. The van der Waals surface area contributed by atoms with Gasteiger partial charge in [-0.05, 0) is 18.9 Å². The summed E-state index contributed by atoms with van der Waals surface area (Å²) < 4.78 is 29.6. The number of hydrogen-bond donors (Lipinski definition) is 0. The number of rotatable bonds is 6. The van der Waals surface area contributed by atoms with Crippen LogP contribution < -0.4 is 0 Å². The summed E-state index contributed by atoms with van der Waals surface area (Å²) in [6.07, 6.45) is -2.95. The highest BCUT2D eigenvalue weighted by atomic mass is 35.5. The lowest BCUT2D eigenvalue weighted by Gasteiger charge is -2.21. The number of halogens is 3. The zero-order valence-electron chi connectivity index (χ0n) is 13.6. The molecule has 1 aliphatic carbocycles. The van der Waals surface area contributed by atoms with Crippen molar-refractivity contribution in [3.05, 3.63) is 46.0 Å². The van der Waals surface area contributed by atoms with E-state index >= 15 is 0 Å². The first kappa shape index (κ1) is 19.2. The highest BCUT2D eigenvalue weighted by molar-refractivity contribution is 6.39. The van der Waals surface area contributed by atoms with Crippen LogP contribution in [0.3, 0.4) is 0 Å². The molecule has 0 saturated carbocycles. The van der Waals surface area contributed by atoms with Crippen LogP contribution in [-0.2, 0) is 20.7 Å². The molecule has 4 nitrogen and oxygen atoms in total. The average molecular weight is 371 g/mol. The van der Waals surface area contributed by atoms with Crippen LogP contribution >= 0.6 is 11.6 Å². The zero-order chi connectivity index (χ0) is 18.6.